The molecule has 132 valence electrons. The predicted octanol–water partition coefficient (Wildman–Crippen LogP) is 3.10. The number of rotatable bonds is 4. The lowest BCUT2D eigenvalue weighted by molar-refractivity contribution is -0.137. The van der Waals surface area contributed by atoms with Gasteiger partial charge in [-0.3, -0.25) is 4.79 Å². The standard InChI is InChI=1S/C17H22F3N3O/c1-11(12-9-21-10-12)16(24)22-14-8-13(17(18,19)20)4-5-15(14)23-6-2-3-7-23/h4-5,8,11-12,21H,2-3,6-7,9-10H2,1H3,(H,22,24). The van der Waals surface area contributed by atoms with Gasteiger partial charge in [0.15, 0.2) is 0 Å². The van der Waals surface area contributed by atoms with Gasteiger partial charge in [0, 0.05) is 19.0 Å². The summed E-state index contributed by atoms with van der Waals surface area (Å²) in [5.74, 6) is -0.209. The van der Waals surface area contributed by atoms with E-state index in [1.165, 1.54) is 6.07 Å². The fraction of sp³-hybridized carbons (Fsp3) is 0.588. The number of anilines is 2. The van der Waals surface area contributed by atoms with Gasteiger partial charge >= 0.3 is 6.18 Å². The Morgan fingerprint density at radius 3 is 2.50 bits per heavy atom. The number of carbonyl (C=O) groups is 1. The van der Waals surface area contributed by atoms with E-state index in [9.17, 15) is 18.0 Å². The molecule has 2 saturated heterocycles. The third-order valence-corrected chi connectivity index (χ3v) is 4.96. The van der Waals surface area contributed by atoms with Gasteiger partial charge in [0.25, 0.3) is 0 Å². The van der Waals surface area contributed by atoms with Crippen molar-refractivity contribution in [3.63, 3.8) is 0 Å². The maximum atomic E-state index is 13.0. The number of nitrogens with zero attached hydrogens (tertiary/aromatic N) is 1. The van der Waals surface area contributed by atoms with Crippen molar-refractivity contribution in [1.29, 1.82) is 0 Å². The van der Waals surface area contributed by atoms with Crippen LogP contribution in [0, 0.1) is 11.8 Å². The quantitative estimate of drug-likeness (QED) is 0.884. The lowest BCUT2D eigenvalue weighted by Gasteiger charge is -2.32. The van der Waals surface area contributed by atoms with Crippen LogP contribution < -0.4 is 15.5 Å². The normalized spacial score (nSPS) is 19.9. The lowest BCUT2D eigenvalue weighted by Crippen LogP contribution is -2.48. The molecule has 1 amide bonds. The number of halogens is 3. The zero-order valence-corrected chi connectivity index (χ0v) is 13.6. The van der Waals surface area contributed by atoms with E-state index in [2.05, 4.69) is 10.6 Å². The molecule has 1 atom stereocenters. The molecule has 2 aliphatic heterocycles. The van der Waals surface area contributed by atoms with Crippen LogP contribution in [0.2, 0.25) is 0 Å². The van der Waals surface area contributed by atoms with Gasteiger partial charge in [-0.1, -0.05) is 6.92 Å². The number of hydrogen-bond acceptors (Lipinski definition) is 3. The van der Waals surface area contributed by atoms with E-state index in [0.717, 1.165) is 51.2 Å². The summed E-state index contributed by atoms with van der Waals surface area (Å²) < 4.78 is 39.1. The van der Waals surface area contributed by atoms with E-state index in [1.807, 2.05) is 11.8 Å². The third kappa shape index (κ3) is 3.50. The number of carbonyl (C=O) groups excluding carboxylic acids is 1. The molecule has 0 radical (unpaired) electrons. The Morgan fingerprint density at radius 2 is 1.96 bits per heavy atom. The Balaban J connectivity index is 1.85. The first-order valence-corrected chi connectivity index (χ1v) is 8.34. The van der Waals surface area contributed by atoms with E-state index < -0.39 is 11.7 Å². The molecule has 2 N–H and O–H groups in total. The first kappa shape index (κ1) is 17.1. The Kier molecular flexibility index (Phi) is 4.71. The largest absolute Gasteiger partial charge is 0.416 e. The Morgan fingerprint density at radius 1 is 1.29 bits per heavy atom. The molecule has 2 fully saturated rings. The minimum atomic E-state index is -4.42. The minimum Gasteiger partial charge on any atom is -0.370 e. The molecule has 4 nitrogen and oxygen atoms in total. The van der Waals surface area contributed by atoms with E-state index in [0.29, 0.717) is 5.69 Å². The predicted molar refractivity (Wildman–Crippen MR) is 87.0 cm³/mol. The van der Waals surface area contributed by atoms with E-state index in [4.69, 9.17) is 0 Å². The van der Waals surface area contributed by atoms with Crippen LogP contribution in [0.5, 0.6) is 0 Å². The number of amides is 1. The fourth-order valence-corrected chi connectivity index (χ4v) is 3.17. The highest BCUT2D eigenvalue weighted by Gasteiger charge is 2.33. The monoisotopic (exact) mass is 341 g/mol. The highest BCUT2D eigenvalue weighted by atomic mass is 19.4. The SMILES string of the molecule is CC(C(=O)Nc1cc(C(F)(F)F)ccc1N1CCCC1)C1CNC1. The van der Waals surface area contributed by atoms with Crippen LogP contribution in [-0.4, -0.2) is 32.1 Å². The summed E-state index contributed by atoms with van der Waals surface area (Å²) in [6.07, 6.45) is -2.40. The molecule has 1 aromatic rings. The summed E-state index contributed by atoms with van der Waals surface area (Å²) >= 11 is 0. The minimum absolute atomic E-state index is 0.221. The molecule has 3 rings (SSSR count). The summed E-state index contributed by atoms with van der Waals surface area (Å²) in [5, 5.41) is 5.85. The van der Waals surface area contributed by atoms with Crippen LogP contribution >= 0.6 is 0 Å². The fourth-order valence-electron chi connectivity index (χ4n) is 3.17. The maximum Gasteiger partial charge on any atom is 0.416 e. The summed E-state index contributed by atoms with van der Waals surface area (Å²) in [4.78, 5) is 14.5. The maximum absolute atomic E-state index is 13.0. The zero-order chi connectivity index (χ0) is 17.3. The lowest BCUT2D eigenvalue weighted by atomic mass is 9.88. The Labute approximate surface area is 139 Å². The van der Waals surface area contributed by atoms with Crippen molar-refractivity contribution in [2.75, 3.05) is 36.4 Å². The number of benzene rings is 1. The van der Waals surface area contributed by atoms with Crippen LogP contribution in [0.15, 0.2) is 18.2 Å². The van der Waals surface area contributed by atoms with Crippen LogP contribution in [0.4, 0.5) is 24.5 Å². The summed E-state index contributed by atoms with van der Waals surface area (Å²) in [6.45, 7) is 4.98. The molecule has 1 aromatic carbocycles. The topological polar surface area (TPSA) is 44.4 Å². The van der Waals surface area contributed by atoms with Crippen molar-refractivity contribution >= 4 is 17.3 Å². The van der Waals surface area contributed by atoms with Crippen LogP contribution in [0.1, 0.15) is 25.3 Å². The van der Waals surface area contributed by atoms with Gasteiger partial charge in [0.2, 0.25) is 5.91 Å². The second-order valence-electron chi connectivity index (χ2n) is 6.62. The van der Waals surface area contributed by atoms with Crippen molar-refractivity contribution in [2.24, 2.45) is 11.8 Å². The number of alkyl halides is 3. The number of nitrogens with one attached hydrogen (secondary N) is 2. The van der Waals surface area contributed by atoms with E-state index in [-0.39, 0.29) is 23.4 Å². The molecule has 0 spiro atoms. The van der Waals surface area contributed by atoms with Crippen molar-refractivity contribution in [3.05, 3.63) is 23.8 Å². The summed E-state index contributed by atoms with van der Waals surface area (Å²) in [7, 11) is 0. The van der Waals surface area contributed by atoms with Crippen LogP contribution in [0.3, 0.4) is 0 Å². The van der Waals surface area contributed by atoms with Crippen molar-refractivity contribution in [1.82, 2.24) is 5.32 Å². The van der Waals surface area contributed by atoms with Crippen molar-refractivity contribution < 1.29 is 18.0 Å². The highest BCUT2D eigenvalue weighted by molar-refractivity contribution is 5.96. The van der Waals surface area contributed by atoms with Gasteiger partial charge < -0.3 is 15.5 Å². The van der Waals surface area contributed by atoms with Crippen LogP contribution in [0.25, 0.3) is 0 Å². The average Bonchev–Trinajstić information content (AvgIpc) is 2.98. The Hall–Kier alpha value is -1.76. The molecular formula is C17H22F3N3O. The van der Waals surface area contributed by atoms with Gasteiger partial charge in [-0.25, -0.2) is 0 Å². The van der Waals surface area contributed by atoms with Gasteiger partial charge in [0.1, 0.15) is 0 Å². The van der Waals surface area contributed by atoms with Gasteiger partial charge in [0.05, 0.1) is 16.9 Å². The van der Waals surface area contributed by atoms with Gasteiger partial charge in [-0.15, -0.1) is 0 Å². The molecule has 0 saturated carbocycles. The second kappa shape index (κ2) is 6.63. The number of hydrogen-bond donors (Lipinski definition) is 2. The average molecular weight is 341 g/mol. The van der Waals surface area contributed by atoms with E-state index >= 15 is 0 Å². The van der Waals surface area contributed by atoms with Gasteiger partial charge in [-0.2, -0.15) is 13.2 Å². The molecular weight excluding hydrogens is 319 g/mol. The van der Waals surface area contributed by atoms with Crippen molar-refractivity contribution in [2.45, 2.75) is 25.9 Å². The smallest absolute Gasteiger partial charge is 0.370 e. The molecule has 24 heavy (non-hydrogen) atoms. The first-order chi connectivity index (χ1) is 11.4. The first-order valence-electron chi connectivity index (χ1n) is 8.34. The molecule has 0 aliphatic carbocycles. The molecule has 0 aromatic heterocycles. The molecule has 0 bridgehead atoms. The summed E-state index contributed by atoms with van der Waals surface area (Å²) in [6, 6.07) is 3.61. The van der Waals surface area contributed by atoms with Crippen molar-refractivity contribution in [3.8, 4) is 0 Å². The second-order valence-corrected chi connectivity index (χ2v) is 6.62. The highest BCUT2D eigenvalue weighted by Crippen LogP contribution is 2.37. The molecule has 2 aliphatic rings. The van der Waals surface area contributed by atoms with Crippen LogP contribution in [-0.2, 0) is 11.0 Å². The molecule has 7 heteroatoms. The molecule has 2 heterocycles. The third-order valence-electron chi connectivity index (χ3n) is 4.96. The van der Waals surface area contributed by atoms with E-state index in [1.54, 1.807) is 0 Å². The summed E-state index contributed by atoms with van der Waals surface area (Å²) in [5.41, 5.74) is 0.197. The zero-order valence-electron chi connectivity index (χ0n) is 13.6. The van der Waals surface area contributed by atoms with Gasteiger partial charge in [-0.05, 0) is 50.0 Å². The molecule has 1 unspecified atom stereocenters. The Bertz CT molecular complexity index is 608.